The Morgan fingerprint density at radius 1 is 1.14 bits per heavy atom. The molecule has 1 aliphatic heterocycles. The molecule has 1 aromatic carbocycles. The van der Waals surface area contributed by atoms with E-state index in [1.165, 1.54) is 19.2 Å². The summed E-state index contributed by atoms with van der Waals surface area (Å²) in [6.45, 7) is 2.91. The number of amidine groups is 1. The lowest BCUT2D eigenvalue weighted by Crippen LogP contribution is -2.38. The first-order valence-corrected chi connectivity index (χ1v) is 12.5. The lowest BCUT2D eigenvalue weighted by Gasteiger charge is -2.32. The summed E-state index contributed by atoms with van der Waals surface area (Å²) in [5.74, 6) is 6.61. The zero-order valence-corrected chi connectivity index (χ0v) is 21.1. The number of carbonyl (C=O) groups excluding carboxylic acids is 1. The number of carbonyl (C=O) groups is 1. The second-order valence-corrected chi connectivity index (χ2v) is 9.49. The number of nitrogens with zero attached hydrogens (tertiary/aromatic N) is 3. The minimum Gasteiger partial charge on any atom is -0.403 e. The van der Waals surface area contributed by atoms with Crippen molar-refractivity contribution in [2.75, 3.05) is 13.1 Å². The highest BCUT2D eigenvalue weighted by atomic mass is 19.4. The van der Waals surface area contributed by atoms with Crippen molar-refractivity contribution in [3.05, 3.63) is 46.8 Å². The van der Waals surface area contributed by atoms with E-state index < -0.39 is 11.7 Å². The zero-order valence-electron chi connectivity index (χ0n) is 21.1. The third kappa shape index (κ3) is 9.96. The van der Waals surface area contributed by atoms with Crippen LogP contribution in [-0.4, -0.2) is 34.9 Å². The van der Waals surface area contributed by atoms with Crippen LogP contribution < -0.4 is 23.0 Å². The Morgan fingerprint density at radius 2 is 1.83 bits per heavy atom. The van der Waals surface area contributed by atoms with Gasteiger partial charge in [-0.25, -0.2) is 11.0 Å². The van der Waals surface area contributed by atoms with Crippen molar-refractivity contribution < 1.29 is 18.0 Å². The Kier molecular flexibility index (Phi) is 11.4. The molecule has 0 bridgehead atoms. The molecule has 11 heteroatoms. The maximum atomic E-state index is 13.2. The summed E-state index contributed by atoms with van der Waals surface area (Å²) in [6.07, 6.45) is 4.72. The predicted molar refractivity (Wildman–Crippen MR) is 136 cm³/mol. The second kappa shape index (κ2) is 14.0. The first kappa shape index (κ1) is 29.3. The fraction of sp³-hybridized carbons (Fsp3) is 0.600. The van der Waals surface area contributed by atoms with E-state index in [4.69, 9.17) is 23.0 Å². The molecule has 0 unspecified atom stereocenters. The maximum absolute atomic E-state index is 13.2. The van der Waals surface area contributed by atoms with Crippen molar-refractivity contribution in [3.63, 3.8) is 0 Å². The van der Waals surface area contributed by atoms with Crippen molar-refractivity contribution in [1.82, 2.24) is 10.0 Å². The fourth-order valence-electron chi connectivity index (χ4n) is 4.50. The number of aryl methyl sites for hydroxylation is 1. The van der Waals surface area contributed by atoms with Gasteiger partial charge in [0.15, 0.2) is 0 Å². The van der Waals surface area contributed by atoms with Gasteiger partial charge in [-0.05, 0) is 68.2 Å². The molecule has 1 saturated heterocycles. The lowest BCUT2D eigenvalue weighted by atomic mass is 9.90. The molecule has 0 aliphatic carbocycles. The van der Waals surface area contributed by atoms with Crippen LogP contribution in [0.5, 0.6) is 0 Å². The minimum absolute atomic E-state index is 0.0174. The number of hydrogen-bond donors (Lipinski definition) is 4. The van der Waals surface area contributed by atoms with Gasteiger partial charge in [0, 0.05) is 31.4 Å². The average molecular weight is 512 g/mol. The molecule has 0 spiro atoms. The molecule has 0 saturated carbocycles. The van der Waals surface area contributed by atoms with E-state index >= 15 is 0 Å². The number of amides is 1. The minimum atomic E-state index is -4.48. The summed E-state index contributed by atoms with van der Waals surface area (Å²) in [4.78, 5) is 14.7. The molecule has 202 valence electrons. The van der Waals surface area contributed by atoms with E-state index in [0.717, 1.165) is 67.9 Å². The first-order chi connectivity index (χ1) is 17.0. The highest BCUT2D eigenvalue weighted by Gasteiger charge is 2.31. The van der Waals surface area contributed by atoms with Gasteiger partial charge in [-0.2, -0.15) is 13.2 Å². The third-order valence-corrected chi connectivity index (χ3v) is 6.52. The largest absolute Gasteiger partial charge is 0.416 e. The van der Waals surface area contributed by atoms with Gasteiger partial charge in [-0.3, -0.25) is 4.79 Å². The number of hydrazine groups is 1. The van der Waals surface area contributed by atoms with Crippen molar-refractivity contribution in [1.29, 1.82) is 0 Å². The van der Waals surface area contributed by atoms with Gasteiger partial charge in [0.1, 0.15) is 5.84 Å². The van der Waals surface area contributed by atoms with E-state index in [1.54, 1.807) is 0 Å². The Hall–Kier alpha value is -2.95. The van der Waals surface area contributed by atoms with Gasteiger partial charge in [0.05, 0.1) is 12.1 Å². The fourth-order valence-corrected chi connectivity index (χ4v) is 4.50. The summed E-state index contributed by atoms with van der Waals surface area (Å²) in [5.41, 5.74) is 17.6. The molecular weight excluding hydrogens is 471 g/mol. The Balaban J connectivity index is 1.87. The number of allylic oxidation sites excluding steroid dienone is 1. The van der Waals surface area contributed by atoms with E-state index in [-0.39, 0.29) is 24.7 Å². The third-order valence-electron chi connectivity index (χ3n) is 6.52. The van der Waals surface area contributed by atoms with Crippen LogP contribution in [0.4, 0.5) is 13.2 Å². The van der Waals surface area contributed by atoms with Crippen LogP contribution in [0, 0.1) is 5.92 Å². The molecular formula is C25H40F3N7O. The number of hydrazone groups is 1. The molecule has 0 aromatic heterocycles. The topological polar surface area (TPSA) is 140 Å². The number of nitrogens with two attached hydrogens (primary N) is 4. The van der Waals surface area contributed by atoms with Crippen molar-refractivity contribution in [3.8, 4) is 0 Å². The van der Waals surface area contributed by atoms with Crippen molar-refractivity contribution >= 4 is 11.7 Å². The Morgan fingerprint density at radius 3 is 2.44 bits per heavy atom. The van der Waals surface area contributed by atoms with Gasteiger partial charge in [-0.1, -0.05) is 25.3 Å². The highest BCUT2D eigenvalue weighted by molar-refractivity contribution is 5.77. The monoisotopic (exact) mass is 511 g/mol. The number of rotatable bonds is 12. The van der Waals surface area contributed by atoms with Gasteiger partial charge in [0.25, 0.3) is 0 Å². The molecule has 0 atom stereocenters. The molecule has 2 rings (SSSR count). The summed E-state index contributed by atoms with van der Waals surface area (Å²) in [5, 5.41) is 4.87. The summed E-state index contributed by atoms with van der Waals surface area (Å²) >= 11 is 0. The molecule has 8 N–H and O–H groups in total. The van der Waals surface area contributed by atoms with Crippen LogP contribution >= 0.6 is 0 Å². The number of benzene rings is 1. The second-order valence-electron chi connectivity index (χ2n) is 9.49. The molecule has 36 heavy (non-hydrogen) atoms. The smallest absolute Gasteiger partial charge is 0.403 e. The number of hydrogen-bond acceptors (Lipinski definition) is 6. The van der Waals surface area contributed by atoms with Gasteiger partial charge in [0.2, 0.25) is 5.91 Å². The number of piperidine rings is 1. The van der Waals surface area contributed by atoms with E-state index in [1.807, 2.05) is 4.90 Å². The van der Waals surface area contributed by atoms with Crippen LogP contribution in [0.2, 0.25) is 0 Å². The average Bonchev–Trinajstić information content (AvgIpc) is 2.81. The molecule has 0 radical (unpaired) electrons. The van der Waals surface area contributed by atoms with Gasteiger partial charge < -0.3 is 22.1 Å². The molecule has 1 aliphatic rings. The normalized spacial score (nSPS) is 15.9. The quantitative estimate of drug-likeness (QED) is 0.111. The van der Waals surface area contributed by atoms with Crippen LogP contribution in [-0.2, 0) is 23.9 Å². The van der Waals surface area contributed by atoms with Gasteiger partial charge >= 0.3 is 6.18 Å². The SMILES string of the molecule is C/C(N)=N/N(N)Cc1cc(C(F)(F)F)ccc1CCC(=O)N1CCC(CCCCC/C(N)=C/N)CC1. The molecule has 1 aromatic rings. The highest BCUT2D eigenvalue weighted by Crippen LogP contribution is 2.31. The number of unbranched alkanes of at least 4 members (excludes halogenated alkanes) is 2. The number of likely N-dealkylation sites (tertiary alicyclic amines) is 1. The Labute approximate surface area is 211 Å². The molecule has 1 amide bonds. The van der Waals surface area contributed by atoms with Gasteiger partial charge in [-0.15, -0.1) is 5.10 Å². The maximum Gasteiger partial charge on any atom is 0.416 e. The summed E-state index contributed by atoms with van der Waals surface area (Å²) in [6, 6.07) is 3.52. The number of halogens is 3. The standard InChI is InChI=1S/C25H40F3N7O/c1-18(30)33-35(32)17-21-15-22(25(26,27)28)9-7-20(21)8-10-24(36)34-13-11-19(12-14-34)5-3-2-4-6-23(31)16-29/h7,9,15-16,19H,2-6,8,10-14,17,29,31-32H2,1H3,(H2,30,33)/b23-16-. The van der Waals surface area contributed by atoms with Crippen LogP contribution in [0.15, 0.2) is 35.2 Å². The van der Waals surface area contributed by atoms with E-state index in [0.29, 0.717) is 36.6 Å². The predicted octanol–water partition coefficient (Wildman–Crippen LogP) is 3.55. The summed E-state index contributed by atoms with van der Waals surface area (Å²) in [7, 11) is 0. The Bertz CT molecular complexity index is 905. The first-order valence-electron chi connectivity index (χ1n) is 12.5. The molecule has 8 nitrogen and oxygen atoms in total. The summed E-state index contributed by atoms with van der Waals surface area (Å²) < 4.78 is 39.7. The lowest BCUT2D eigenvalue weighted by molar-refractivity contribution is -0.137. The van der Waals surface area contributed by atoms with Crippen LogP contribution in [0.25, 0.3) is 0 Å². The van der Waals surface area contributed by atoms with Crippen molar-refractivity contribution in [2.45, 2.75) is 77.4 Å². The number of alkyl halides is 3. The molecule has 1 fully saturated rings. The van der Waals surface area contributed by atoms with Crippen LogP contribution in [0.1, 0.15) is 75.0 Å². The van der Waals surface area contributed by atoms with Crippen molar-refractivity contribution in [2.24, 2.45) is 34.1 Å². The van der Waals surface area contributed by atoms with E-state index in [9.17, 15) is 18.0 Å². The van der Waals surface area contributed by atoms with Crippen LogP contribution in [0.3, 0.4) is 0 Å². The van der Waals surface area contributed by atoms with E-state index in [2.05, 4.69) is 5.10 Å². The molecule has 1 heterocycles. The zero-order chi connectivity index (χ0) is 26.7.